The Balaban J connectivity index is 1.18. The number of nitrogens with zero attached hydrogens (tertiary/aromatic N) is 5. The van der Waals surface area contributed by atoms with Crippen LogP contribution in [0.4, 0.5) is 5.69 Å². The first kappa shape index (κ1) is 21.3. The molecular formula is C27H21N7O3. The first-order valence-corrected chi connectivity index (χ1v) is 11.9. The number of carbonyl (C=O) groups is 1. The fourth-order valence-electron chi connectivity index (χ4n) is 5.03. The Morgan fingerprint density at radius 3 is 2.86 bits per heavy atom. The molecule has 1 aliphatic heterocycles. The minimum Gasteiger partial charge on any atom is -0.459 e. The third-order valence-electron chi connectivity index (χ3n) is 6.82. The molecule has 10 nitrogen and oxygen atoms in total. The Morgan fingerprint density at radius 2 is 1.97 bits per heavy atom. The molecule has 4 aromatic heterocycles. The molecule has 37 heavy (non-hydrogen) atoms. The highest BCUT2D eigenvalue weighted by molar-refractivity contribution is 5.94. The highest BCUT2D eigenvalue weighted by atomic mass is 16.4. The summed E-state index contributed by atoms with van der Waals surface area (Å²) in [6, 6.07) is 15.3. The molecule has 0 saturated heterocycles. The van der Waals surface area contributed by atoms with Gasteiger partial charge in [0, 0.05) is 53.2 Å². The van der Waals surface area contributed by atoms with Crippen molar-refractivity contribution in [3.8, 4) is 0 Å². The van der Waals surface area contributed by atoms with E-state index in [2.05, 4.69) is 36.5 Å². The van der Waals surface area contributed by atoms with Crippen LogP contribution in [0.3, 0.4) is 0 Å². The van der Waals surface area contributed by atoms with E-state index in [9.17, 15) is 4.79 Å². The second-order valence-electron chi connectivity index (χ2n) is 8.95. The van der Waals surface area contributed by atoms with Crippen LogP contribution < -0.4 is 5.32 Å². The van der Waals surface area contributed by atoms with E-state index in [4.69, 9.17) is 8.83 Å². The van der Waals surface area contributed by atoms with Crippen molar-refractivity contribution in [3.05, 3.63) is 102 Å². The summed E-state index contributed by atoms with van der Waals surface area (Å²) in [5, 5.41) is 12.5. The quantitative estimate of drug-likeness (QED) is 0.357. The molecule has 1 atom stereocenters. The minimum absolute atomic E-state index is 0.237. The molecule has 0 aliphatic carbocycles. The van der Waals surface area contributed by atoms with Gasteiger partial charge in [-0.1, -0.05) is 18.2 Å². The third kappa shape index (κ3) is 3.70. The third-order valence-corrected chi connectivity index (χ3v) is 6.82. The summed E-state index contributed by atoms with van der Waals surface area (Å²) in [5.41, 5.74) is 6.42. The van der Waals surface area contributed by atoms with Gasteiger partial charge >= 0.3 is 0 Å². The van der Waals surface area contributed by atoms with Crippen molar-refractivity contribution < 1.29 is 13.6 Å². The number of aromatic nitrogens is 5. The molecule has 0 unspecified atom stereocenters. The summed E-state index contributed by atoms with van der Waals surface area (Å²) < 4.78 is 11.3. The van der Waals surface area contributed by atoms with Crippen LogP contribution >= 0.6 is 0 Å². The molecule has 0 spiro atoms. The van der Waals surface area contributed by atoms with Gasteiger partial charge in [-0.05, 0) is 35.9 Å². The van der Waals surface area contributed by atoms with Gasteiger partial charge in [-0.15, -0.1) is 10.2 Å². The predicted octanol–water partition coefficient (Wildman–Crippen LogP) is 4.64. The molecule has 0 radical (unpaired) electrons. The number of fused-ring (bicyclic) bond motifs is 4. The normalized spacial score (nSPS) is 15.2. The summed E-state index contributed by atoms with van der Waals surface area (Å²) in [6.45, 7) is 0.771. The van der Waals surface area contributed by atoms with E-state index in [0.29, 0.717) is 25.4 Å². The van der Waals surface area contributed by atoms with Crippen LogP contribution in [0.15, 0.2) is 82.4 Å². The fourth-order valence-corrected chi connectivity index (χ4v) is 5.03. The van der Waals surface area contributed by atoms with Crippen LogP contribution in [0.5, 0.6) is 0 Å². The molecule has 0 saturated carbocycles. The molecule has 2 aromatic carbocycles. The molecule has 0 fully saturated rings. The smallest absolute Gasteiger partial charge is 0.290 e. The van der Waals surface area contributed by atoms with E-state index in [1.165, 1.54) is 12.7 Å². The van der Waals surface area contributed by atoms with Crippen molar-refractivity contribution in [2.24, 2.45) is 0 Å². The fraction of sp³-hybridized carbons (Fsp3) is 0.148. The van der Waals surface area contributed by atoms with Gasteiger partial charge in [0.1, 0.15) is 6.04 Å². The Labute approximate surface area is 210 Å². The van der Waals surface area contributed by atoms with Gasteiger partial charge < -0.3 is 24.0 Å². The standard InChI is InChI=1S/C27H21N7O3/c35-27(25-16(7-10-36-25)13-30-17-5-6-21-22(11-17)29-9-8-28-21)34-14-23-19(12-24(34)26-33-31-15-37-26)18-3-1-2-4-20(18)32-23/h1-11,15,24,30,32H,12-14H2/t24-/m1/s1. The van der Waals surface area contributed by atoms with Crippen LogP contribution in [0.25, 0.3) is 21.9 Å². The van der Waals surface area contributed by atoms with Gasteiger partial charge in [-0.3, -0.25) is 14.8 Å². The van der Waals surface area contributed by atoms with Crippen molar-refractivity contribution in [1.82, 2.24) is 30.0 Å². The number of hydrogen-bond acceptors (Lipinski definition) is 8. The maximum Gasteiger partial charge on any atom is 0.290 e. The van der Waals surface area contributed by atoms with E-state index in [1.807, 2.05) is 36.4 Å². The number of hydrogen-bond donors (Lipinski definition) is 2. The van der Waals surface area contributed by atoms with Crippen LogP contribution in [0.1, 0.15) is 39.3 Å². The second-order valence-corrected chi connectivity index (χ2v) is 8.95. The number of H-pyrrole nitrogens is 1. The lowest BCUT2D eigenvalue weighted by Crippen LogP contribution is -2.39. The summed E-state index contributed by atoms with van der Waals surface area (Å²) in [6.07, 6.45) is 6.71. The molecule has 1 amide bonds. The summed E-state index contributed by atoms with van der Waals surface area (Å²) >= 11 is 0. The zero-order chi connectivity index (χ0) is 24.8. The van der Waals surface area contributed by atoms with Crippen molar-refractivity contribution in [2.75, 3.05) is 5.32 Å². The molecule has 1 aliphatic rings. The lowest BCUT2D eigenvalue weighted by atomic mass is 9.96. The maximum atomic E-state index is 13.9. The van der Waals surface area contributed by atoms with Crippen molar-refractivity contribution in [3.63, 3.8) is 0 Å². The van der Waals surface area contributed by atoms with Crippen LogP contribution in [-0.2, 0) is 19.5 Å². The average molecular weight is 492 g/mol. The van der Waals surface area contributed by atoms with E-state index >= 15 is 0 Å². The topological polar surface area (TPSA) is 126 Å². The van der Waals surface area contributed by atoms with Crippen molar-refractivity contribution >= 4 is 33.5 Å². The molecule has 7 rings (SSSR count). The zero-order valence-electron chi connectivity index (χ0n) is 19.6. The molecular weight excluding hydrogens is 470 g/mol. The lowest BCUT2D eigenvalue weighted by Gasteiger charge is -2.33. The number of rotatable bonds is 5. The summed E-state index contributed by atoms with van der Waals surface area (Å²) in [7, 11) is 0. The molecule has 5 heterocycles. The number of nitrogens with one attached hydrogen (secondary N) is 2. The van der Waals surface area contributed by atoms with Crippen LogP contribution in [-0.4, -0.2) is 36.0 Å². The van der Waals surface area contributed by atoms with Crippen molar-refractivity contribution in [1.29, 1.82) is 0 Å². The SMILES string of the molecule is O=C(c1occc1CNc1ccc2nccnc2c1)N1Cc2[nH]c3ccccc3c2C[C@@H]1c1nnco1. The van der Waals surface area contributed by atoms with E-state index in [1.54, 1.807) is 23.4 Å². The number of para-hydroxylation sites is 1. The first-order chi connectivity index (χ1) is 18.2. The number of amides is 1. The second kappa shape index (κ2) is 8.59. The number of furan rings is 1. The Morgan fingerprint density at radius 1 is 1.08 bits per heavy atom. The predicted molar refractivity (Wildman–Crippen MR) is 134 cm³/mol. The van der Waals surface area contributed by atoms with Crippen molar-refractivity contribution in [2.45, 2.75) is 25.6 Å². The Kier molecular flexibility index (Phi) is 4.95. The Bertz CT molecular complexity index is 1740. The molecule has 0 bridgehead atoms. The van der Waals surface area contributed by atoms with E-state index < -0.39 is 6.04 Å². The van der Waals surface area contributed by atoms with Crippen LogP contribution in [0, 0.1) is 0 Å². The Hall–Kier alpha value is -4.99. The van der Waals surface area contributed by atoms with Gasteiger partial charge in [-0.2, -0.15) is 0 Å². The van der Waals surface area contributed by atoms with Crippen LogP contribution in [0.2, 0.25) is 0 Å². The highest BCUT2D eigenvalue weighted by Crippen LogP contribution is 2.37. The number of aromatic amines is 1. The van der Waals surface area contributed by atoms with E-state index in [0.717, 1.165) is 44.4 Å². The largest absolute Gasteiger partial charge is 0.459 e. The number of benzene rings is 2. The van der Waals surface area contributed by atoms with Gasteiger partial charge in [-0.25, -0.2) is 0 Å². The average Bonchev–Trinajstić information content (AvgIpc) is 3.70. The van der Waals surface area contributed by atoms with Gasteiger partial charge in [0.25, 0.3) is 5.91 Å². The van der Waals surface area contributed by atoms with E-state index in [-0.39, 0.29) is 11.7 Å². The molecule has 6 aromatic rings. The van der Waals surface area contributed by atoms with Gasteiger partial charge in [0.15, 0.2) is 5.76 Å². The van der Waals surface area contributed by atoms with Gasteiger partial charge in [0.2, 0.25) is 12.3 Å². The summed E-state index contributed by atoms with van der Waals surface area (Å²) in [5.74, 6) is 0.434. The van der Waals surface area contributed by atoms with Gasteiger partial charge in [0.05, 0.1) is 23.8 Å². The molecule has 182 valence electrons. The highest BCUT2D eigenvalue weighted by Gasteiger charge is 2.37. The lowest BCUT2D eigenvalue weighted by molar-refractivity contribution is 0.0567. The first-order valence-electron chi connectivity index (χ1n) is 11.9. The minimum atomic E-state index is -0.410. The molecule has 10 heteroatoms. The summed E-state index contributed by atoms with van der Waals surface area (Å²) in [4.78, 5) is 27.7. The maximum absolute atomic E-state index is 13.9. The monoisotopic (exact) mass is 491 g/mol. The molecule has 2 N–H and O–H groups in total. The number of carbonyl (C=O) groups excluding carboxylic acids is 1. The zero-order valence-corrected chi connectivity index (χ0v) is 19.6. The number of anilines is 1.